The SMILES string of the molecule is CCc1ccc(CN(C)[C@@H](C)C(=O)NC(=O)OC)cc1. The quantitative estimate of drug-likeness (QED) is 0.894. The molecule has 0 aliphatic heterocycles. The Morgan fingerprint density at radius 3 is 2.30 bits per heavy atom. The molecule has 0 heterocycles. The molecule has 0 aliphatic rings. The molecule has 2 amide bonds. The topological polar surface area (TPSA) is 58.6 Å². The summed E-state index contributed by atoms with van der Waals surface area (Å²) in [4.78, 5) is 24.7. The zero-order valence-corrected chi connectivity index (χ0v) is 12.5. The van der Waals surface area contributed by atoms with Crippen LogP contribution in [0.15, 0.2) is 24.3 Å². The van der Waals surface area contributed by atoms with E-state index in [0.717, 1.165) is 12.0 Å². The van der Waals surface area contributed by atoms with Crippen molar-refractivity contribution < 1.29 is 14.3 Å². The number of hydrogen-bond donors (Lipinski definition) is 1. The minimum Gasteiger partial charge on any atom is -0.453 e. The second-order valence-electron chi connectivity index (χ2n) is 4.74. The van der Waals surface area contributed by atoms with Gasteiger partial charge in [-0.1, -0.05) is 31.2 Å². The number of nitrogens with zero attached hydrogens (tertiary/aromatic N) is 1. The van der Waals surface area contributed by atoms with E-state index in [1.807, 2.05) is 11.9 Å². The number of carbonyl (C=O) groups is 2. The standard InChI is InChI=1S/C15H22N2O3/c1-5-12-6-8-13(9-7-12)10-17(3)11(2)14(18)16-15(19)20-4/h6-9,11H,5,10H2,1-4H3,(H,16,18,19)/t11-/m0/s1. The summed E-state index contributed by atoms with van der Waals surface area (Å²) in [6.45, 7) is 4.50. The number of rotatable bonds is 5. The van der Waals surface area contributed by atoms with Crippen molar-refractivity contribution in [2.75, 3.05) is 14.2 Å². The van der Waals surface area contributed by atoms with Crippen molar-refractivity contribution in [1.82, 2.24) is 10.2 Å². The molecule has 1 atom stereocenters. The van der Waals surface area contributed by atoms with Crippen LogP contribution in [-0.2, 0) is 22.5 Å². The van der Waals surface area contributed by atoms with Gasteiger partial charge in [-0.3, -0.25) is 15.0 Å². The van der Waals surface area contributed by atoms with Crippen molar-refractivity contribution in [1.29, 1.82) is 0 Å². The van der Waals surface area contributed by atoms with Crippen molar-refractivity contribution in [3.63, 3.8) is 0 Å². The first kappa shape index (κ1) is 16.2. The van der Waals surface area contributed by atoms with Crippen LogP contribution in [0.5, 0.6) is 0 Å². The summed E-state index contributed by atoms with van der Waals surface area (Å²) in [7, 11) is 3.07. The summed E-state index contributed by atoms with van der Waals surface area (Å²) >= 11 is 0. The fourth-order valence-electron chi connectivity index (χ4n) is 1.76. The maximum atomic E-state index is 11.8. The monoisotopic (exact) mass is 278 g/mol. The third kappa shape index (κ3) is 4.66. The molecule has 0 saturated carbocycles. The van der Waals surface area contributed by atoms with Gasteiger partial charge in [-0.05, 0) is 31.5 Å². The predicted molar refractivity (Wildman–Crippen MR) is 77.3 cm³/mol. The molecule has 0 saturated heterocycles. The lowest BCUT2D eigenvalue weighted by Crippen LogP contribution is -2.45. The molecule has 1 aromatic carbocycles. The Kier molecular flexibility index (Phi) is 6.18. The fourth-order valence-corrected chi connectivity index (χ4v) is 1.76. The highest BCUT2D eigenvalue weighted by molar-refractivity contribution is 5.94. The highest BCUT2D eigenvalue weighted by Gasteiger charge is 2.20. The van der Waals surface area contributed by atoms with Crippen LogP contribution < -0.4 is 5.32 Å². The van der Waals surface area contributed by atoms with Gasteiger partial charge >= 0.3 is 6.09 Å². The maximum Gasteiger partial charge on any atom is 0.413 e. The molecule has 1 aromatic rings. The Hall–Kier alpha value is -1.88. The minimum atomic E-state index is -0.734. The van der Waals surface area contributed by atoms with E-state index in [9.17, 15) is 9.59 Å². The molecule has 110 valence electrons. The van der Waals surface area contributed by atoms with E-state index in [-0.39, 0.29) is 5.91 Å². The van der Waals surface area contributed by atoms with Crippen LogP contribution in [0.2, 0.25) is 0 Å². The molecule has 1 N–H and O–H groups in total. The van der Waals surface area contributed by atoms with E-state index in [1.165, 1.54) is 12.7 Å². The van der Waals surface area contributed by atoms with Crippen molar-refractivity contribution >= 4 is 12.0 Å². The van der Waals surface area contributed by atoms with Crippen LogP contribution in [0, 0.1) is 0 Å². The number of aryl methyl sites for hydroxylation is 1. The second-order valence-corrected chi connectivity index (χ2v) is 4.74. The number of carbonyl (C=O) groups excluding carboxylic acids is 2. The zero-order chi connectivity index (χ0) is 15.1. The first-order chi connectivity index (χ1) is 9.47. The molecular weight excluding hydrogens is 256 g/mol. The highest BCUT2D eigenvalue weighted by Crippen LogP contribution is 2.09. The molecule has 0 bridgehead atoms. The number of likely N-dealkylation sites (N-methyl/N-ethyl adjacent to an activating group) is 1. The number of imide groups is 1. The van der Waals surface area contributed by atoms with E-state index in [4.69, 9.17) is 0 Å². The van der Waals surface area contributed by atoms with E-state index in [2.05, 4.69) is 41.2 Å². The minimum absolute atomic E-state index is 0.371. The van der Waals surface area contributed by atoms with Gasteiger partial charge in [0.05, 0.1) is 13.2 Å². The molecule has 1 rings (SSSR count). The van der Waals surface area contributed by atoms with E-state index < -0.39 is 12.1 Å². The Morgan fingerprint density at radius 1 is 1.25 bits per heavy atom. The molecule has 0 unspecified atom stereocenters. The van der Waals surface area contributed by atoms with E-state index in [0.29, 0.717) is 6.54 Å². The van der Waals surface area contributed by atoms with Crippen LogP contribution in [0.3, 0.4) is 0 Å². The second kappa shape index (κ2) is 7.65. The molecule has 5 nitrogen and oxygen atoms in total. The van der Waals surface area contributed by atoms with Crippen LogP contribution in [0.1, 0.15) is 25.0 Å². The first-order valence-corrected chi connectivity index (χ1v) is 6.64. The Labute approximate surface area is 119 Å². The number of alkyl carbamates (subject to hydrolysis) is 1. The molecular formula is C15H22N2O3. The lowest BCUT2D eigenvalue weighted by molar-refractivity contribution is -0.124. The summed E-state index contributed by atoms with van der Waals surface area (Å²) in [6.07, 6.45) is 0.274. The van der Waals surface area contributed by atoms with Crippen LogP contribution in [0.25, 0.3) is 0 Å². The van der Waals surface area contributed by atoms with Crippen LogP contribution in [0.4, 0.5) is 4.79 Å². The highest BCUT2D eigenvalue weighted by atomic mass is 16.5. The number of hydrogen-bond acceptors (Lipinski definition) is 4. The van der Waals surface area contributed by atoms with Gasteiger partial charge in [0.2, 0.25) is 5.91 Å². The largest absolute Gasteiger partial charge is 0.453 e. The average Bonchev–Trinajstić information content (AvgIpc) is 2.46. The fraction of sp³-hybridized carbons (Fsp3) is 0.467. The summed E-state index contributed by atoms with van der Waals surface area (Å²) in [5.41, 5.74) is 2.41. The van der Waals surface area contributed by atoms with Gasteiger partial charge < -0.3 is 4.74 Å². The third-order valence-electron chi connectivity index (χ3n) is 3.31. The first-order valence-electron chi connectivity index (χ1n) is 6.64. The van der Waals surface area contributed by atoms with Gasteiger partial charge in [0.1, 0.15) is 0 Å². The smallest absolute Gasteiger partial charge is 0.413 e. The van der Waals surface area contributed by atoms with Gasteiger partial charge in [0.25, 0.3) is 0 Å². The van der Waals surface area contributed by atoms with Crippen molar-refractivity contribution in [2.24, 2.45) is 0 Å². The van der Waals surface area contributed by atoms with Gasteiger partial charge in [-0.15, -0.1) is 0 Å². The number of amides is 2. The lowest BCUT2D eigenvalue weighted by Gasteiger charge is -2.23. The molecule has 20 heavy (non-hydrogen) atoms. The van der Waals surface area contributed by atoms with E-state index >= 15 is 0 Å². The number of nitrogens with one attached hydrogen (secondary N) is 1. The number of methoxy groups -OCH3 is 1. The van der Waals surface area contributed by atoms with Gasteiger partial charge in [-0.25, -0.2) is 4.79 Å². The summed E-state index contributed by atoms with van der Waals surface area (Å²) < 4.78 is 4.41. The average molecular weight is 278 g/mol. The zero-order valence-electron chi connectivity index (χ0n) is 12.5. The summed E-state index contributed by atoms with van der Waals surface area (Å²) in [5, 5.41) is 2.17. The molecule has 0 spiro atoms. The Balaban J connectivity index is 2.57. The summed E-state index contributed by atoms with van der Waals surface area (Å²) in [6, 6.07) is 7.87. The third-order valence-corrected chi connectivity index (χ3v) is 3.31. The van der Waals surface area contributed by atoms with Crippen molar-refractivity contribution in [2.45, 2.75) is 32.9 Å². The number of benzene rings is 1. The van der Waals surface area contributed by atoms with Crippen molar-refractivity contribution in [3.8, 4) is 0 Å². The summed E-state index contributed by atoms with van der Waals surface area (Å²) in [5.74, 6) is -0.371. The maximum absolute atomic E-state index is 11.8. The molecule has 0 aromatic heterocycles. The molecule has 0 aliphatic carbocycles. The normalized spacial score (nSPS) is 12.1. The van der Waals surface area contributed by atoms with E-state index in [1.54, 1.807) is 6.92 Å². The number of ether oxygens (including phenoxy) is 1. The van der Waals surface area contributed by atoms with Crippen LogP contribution >= 0.6 is 0 Å². The molecule has 0 fully saturated rings. The van der Waals surface area contributed by atoms with Gasteiger partial charge in [0.15, 0.2) is 0 Å². The van der Waals surface area contributed by atoms with Crippen molar-refractivity contribution in [3.05, 3.63) is 35.4 Å². The van der Waals surface area contributed by atoms with Gasteiger partial charge in [-0.2, -0.15) is 0 Å². The lowest BCUT2D eigenvalue weighted by atomic mass is 10.1. The predicted octanol–water partition coefficient (Wildman–Crippen LogP) is 1.95. The van der Waals surface area contributed by atoms with Gasteiger partial charge in [0, 0.05) is 6.54 Å². The Morgan fingerprint density at radius 2 is 1.80 bits per heavy atom. The van der Waals surface area contributed by atoms with Crippen LogP contribution in [-0.4, -0.2) is 37.1 Å². The molecule has 0 radical (unpaired) electrons. The Bertz CT molecular complexity index is 457. The molecule has 5 heteroatoms.